The van der Waals surface area contributed by atoms with Crippen LogP contribution in [0.2, 0.25) is 0 Å². The summed E-state index contributed by atoms with van der Waals surface area (Å²) < 4.78 is 4.89. The van der Waals surface area contributed by atoms with Gasteiger partial charge in [-0.3, -0.25) is 0 Å². The molecule has 69 heavy (non-hydrogen) atoms. The molecule has 2 aromatic heterocycles. The lowest BCUT2D eigenvalue weighted by Gasteiger charge is -2.29. The van der Waals surface area contributed by atoms with Gasteiger partial charge in [-0.1, -0.05) is 153 Å². The van der Waals surface area contributed by atoms with Gasteiger partial charge in [0, 0.05) is 72.2 Å². The number of allylic oxidation sites excluding steroid dienone is 1. The molecule has 1 atom stereocenters. The van der Waals surface area contributed by atoms with Crippen molar-refractivity contribution in [2.24, 2.45) is 0 Å². The van der Waals surface area contributed by atoms with Crippen molar-refractivity contribution < 1.29 is 0 Å². The molecule has 12 aromatic rings. The van der Waals surface area contributed by atoms with E-state index in [4.69, 9.17) is 0 Å². The molecule has 1 unspecified atom stereocenters. The van der Waals surface area contributed by atoms with Crippen molar-refractivity contribution >= 4 is 107 Å². The van der Waals surface area contributed by atoms with Crippen LogP contribution >= 0.6 is 0 Å². The van der Waals surface area contributed by atoms with E-state index in [9.17, 15) is 0 Å². The quantitative estimate of drug-likeness (QED) is 0.159. The van der Waals surface area contributed by atoms with E-state index in [0.29, 0.717) is 5.92 Å². The summed E-state index contributed by atoms with van der Waals surface area (Å²) in [5, 5.41) is 7.38. The Morgan fingerprint density at radius 2 is 1.01 bits per heavy atom. The zero-order chi connectivity index (χ0) is 45.6. The van der Waals surface area contributed by atoms with Crippen LogP contribution in [0.15, 0.2) is 224 Å². The normalized spacial score (nSPS) is 13.8. The third kappa shape index (κ3) is 6.22. The molecule has 1 aliphatic heterocycles. The fourth-order valence-electron chi connectivity index (χ4n) is 11.4. The van der Waals surface area contributed by atoms with Gasteiger partial charge in [-0.05, 0) is 126 Å². The zero-order valence-corrected chi connectivity index (χ0v) is 38.2. The van der Waals surface area contributed by atoms with Gasteiger partial charge in [-0.15, -0.1) is 0 Å². The first-order chi connectivity index (χ1) is 34.1. The number of benzene rings is 10. The number of aromatic nitrogens is 2. The van der Waals surface area contributed by atoms with E-state index in [1.807, 2.05) is 0 Å². The number of hydrogen-bond donors (Lipinski definition) is 0. The van der Waals surface area contributed by atoms with Crippen molar-refractivity contribution in [2.75, 3.05) is 9.80 Å². The lowest BCUT2D eigenvalue weighted by Crippen LogP contribution is -2.12. The monoisotopic (exact) mass is 882 g/mol. The Morgan fingerprint density at radius 3 is 1.86 bits per heavy atom. The van der Waals surface area contributed by atoms with Crippen LogP contribution < -0.4 is 9.80 Å². The minimum atomic E-state index is 0.442. The molecular weight excluding hydrogens is 837 g/mol. The maximum Gasteiger partial charge on any atom is 0.0615 e. The van der Waals surface area contributed by atoms with Gasteiger partial charge in [-0.2, -0.15) is 0 Å². The molecule has 0 saturated heterocycles. The molecule has 1 aliphatic carbocycles. The fraction of sp³-hybridized carbons (Fsp3) is 0.0462. The van der Waals surface area contributed by atoms with Gasteiger partial charge < -0.3 is 18.9 Å². The molecule has 14 rings (SSSR count). The van der Waals surface area contributed by atoms with E-state index in [0.717, 1.165) is 57.5 Å². The van der Waals surface area contributed by atoms with E-state index in [1.165, 1.54) is 71.1 Å². The van der Waals surface area contributed by atoms with Crippen LogP contribution in [-0.4, -0.2) is 9.13 Å². The minimum absolute atomic E-state index is 0.442. The largest absolute Gasteiger partial charge is 0.310 e. The van der Waals surface area contributed by atoms with Crippen molar-refractivity contribution in [3.63, 3.8) is 0 Å². The number of rotatable bonds is 7. The summed E-state index contributed by atoms with van der Waals surface area (Å²) >= 11 is 0. The first-order valence-electron chi connectivity index (χ1n) is 24.1. The summed E-state index contributed by atoms with van der Waals surface area (Å²) in [5.41, 5.74) is 18.8. The van der Waals surface area contributed by atoms with Crippen LogP contribution in [0.3, 0.4) is 0 Å². The second-order valence-corrected chi connectivity index (χ2v) is 18.6. The molecule has 0 N–H and O–H groups in total. The van der Waals surface area contributed by atoms with E-state index in [-0.39, 0.29) is 0 Å². The Labute approximate surface area is 401 Å². The van der Waals surface area contributed by atoms with Gasteiger partial charge in [0.25, 0.3) is 0 Å². The molecule has 0 fully saturated rings. The minimum Gasteiger partial charge on any atom is -0.310 e. The van der Waals surface area contributed by atoms with Crippen LogP contribution in [0.5, 0.6) is 0 Å². The third-order valence-electron chi connectivity index (χ3n) is 14.6. The maximum absolute atomic E-state index is 2.50. The van der Waals surface area contributed by atoms with E-state index < -0.39 is 0 Å². The van der Waals surface area contributed by atoms with Crippen molar-refractivity contribution in [3.8, 4) is 11.4 Å². The van der Waals surface area contributed by atoms with E-state index in [2.05, 4.69) is 269 Å². The van der Waals surface area contributed by atoms with Gasteiger partial charge in [0.2, 0.25) is 0 Å². The summed E-state index contributed by atoms with van der Waals surface area (Å²) in [6, 6.07) is 80.4. The van der Waals surface area contributed by atoms with E-state index >= 15 is 0 Å². The van der Waals surface area contributed by atoms with Gasteiger partial charge in [0.15, 0.2) is 0 Å². The van der Waals surface area contributed by atoms with Crippen molar-refractivity contribution in [1.29, 1.82) is 0 Å². The Morgan fingerprint density at radius 1 is 0.391 bits per heavy atom. The Kier molecular flexibility index (Phi) is 8.90. The molecular formula is C65H46N4. The second-order valence-electron chi connectivity index (χ2n) is 18.6. The van der Waals surface area contributed by atoms with Crippen molar-refractivity contribution in [3.05, 3.63) is 247 Å². The van der Waals surface area contributed by atoms with Crippen LogP contribution in [0.1, 0.15) is 41.5 Å². The predicted molar refractivity (Wildman–Crippen MR) is 293 cm³/mol. The Balaban J connectivity index is 0.962. The summed E-state index contributed by atoms with van der Waals surface area (Å²) in [5.74, 6) is 0.442. The summed E-state index contributed by atoms with van der Waals surface area (Å²) in [6.45, 7) is 2.35. The highest BCUT2D eigenvalue weighted by Gasteiger charge is 2.26. The topological polar surface area (TPSA) is 16.3 Å². The molecule has 0 spiro atoms. The highest BCUT2D eigenvalue weighted by Crippen LogP contribution is 2.47. The van der Waals surface area contributed by atoms with Gasteiger partial charge in [0.1, 0.15) is 0 Å². The average molecular weight is 883 g/mol. The maximum atomic E-state index is 2.50. The number of para-hydroxylation sites is 4. The highest BCUT2D eigenvalue weighted by atomic mass is 15.2. The van der Waals surface area contributed by atoms with Gasteiger partial charge in [-0.25, -0.2) is 0 Å². The van der Waals surface area contributed by atoms with Crippen LogP contribution in [0.4, 0.5) is 34.1 Å². The van der Waals surface area contributed by atoms with Gasteiger partial charge in [0.05, 0.1) is 33.4 Å². The number of nitrogens with zero attached hydrogens (tertiary/aromatic N) is 4. The average Bonchev–Trinajstić information content (AvgIpc) is 3.85. The molecule has 3 heterocycles. The lowest BCUT2D eigenvalue weighted by atomic mass is 9.88. The molecule has 0 amide bonds. The van der Waals surface area contributed by atoms with E-state index in [1.54, 1.807) is 0 Å². The summed E-state index contributed by atoms with van der Waals surface area (Å²) in [7, 11) is 0. The molecule has 2 aliphatic rings. The molecule has 4 nitrogen and oxygen atoms in total. The predicted octanol–water partition coefficient (Wildman–Crippen LogP) is 18.0. The number of anilines is 6. The zero-order valence-electron chi connectivity index (χ0n) is 38.2. The van der Waals surface area contributed by atoms with Crippen LogP contribution in [0, 0.1) is 0 Å². The fourth-order valence-corrected chi connectivity index (χ4v) is 11.4. The SMILES string of the molecule is CC1CC=Cc2ccc(N(c3cc4c5c(c3)c3ccccc3n5-c3ccc(N(c5ccccc5)c5ccc6c7ccccc7n(-c7ccccc7)c6c5)cc3C=C4)c3cccc4ccccc34)cc21. The smallest absolute Gasteiger partial charge is 0.0615 e. The molecule has 0 radical (unpaired) electrons. The van der Waals surface area contributed by atoms with Crippen molar-refractivity contribution in [1.82, 2.24) is 9.13 Å². The molecule has 0 saturated carbocycles. The molecule has 4 heteroatoms. The first kappa shape index (κ1) is 39.3. The first-order valence-corrected chi connectivity index (χ1v) is 24.1. The van der Waals surface area contributed by atoms with Gasteiger partial charge >= 0.3 is 0 Å². The Bertz CT molecular complexity index is 4070. The number of hydrogen-bond acceptors (Lipinski definition) is 2. The van der Waals surface area contributed by atoms with Crippen molar-refractivity contribution in [2.45, 2.75) is 19.3 Å². The molecule has 10 aromatic carbocycles. The highest BCUT2D eigenvalue weighted by molar-refractivity contribution is 6.15. The third-order valence-corrected chi connectivity index (χ3v) is 14.6. The molecule has 326 valence electrons. The number of fused-ring (bicyclic) bond motifs is 10. The summed E-state index contributed by atoms with van der Waals surface area (Å²) in [6.07, 6.45) is 10.3. The second kappa shape index (κ2) is 15.6. The summed E-state index contributed by atoms with van der Waals surface area (Å²) in [4.78, 5) is 4.89. The standard InChI is InChI=1S/C65H46N4/c1-43-16-14-18-45-32-33-51(40-58(43)45)67(61-29-15-19-44-17-8-9-24-54(44)61)53-39-47-31-30-46-38-50(35-37-60(46)69-63-28-13-11-26-56(63)59(41-53)65(47)69)66(48-20-4-2-5-21-48)52-34-36-57-55-25-10-12-27-62(55)68(64(57)42-52)49-22-6-3-7-23-49/h2-15,17-43H,16H2,1H3. The van der Waals surface area contributed by atoms with Crippen LogP contribution in [0.25, 0.3) is 84.0 Å². The lowest BCUT2D eigenvalue weighted by molar-refractivity contribution is 0.771. The van der Waals surface area contributed by atoms with Crippen LogP contribution in [-0.2, 0) is 0 Å². The molecule has 0 bridgehead atoms. The Hall–Kier alpha value is -8.86.